The Morgan fingerprint density at radius 1 is 0.731 bits per heavy atom. The molecule has 0 spiro atoms. The second-order valence-electron chi connectivity index (χ2n) is 6.43. The largest absolute Gasteiger partial charge is 4.00 e. The monoisotopic (exact) mass is 418 g/mol. The molecule has 1 heteroatoms. The van der Waals surface area contributed by atoms with Gasteiger partial charge in [-0.05, 0) is 0 Å². The van der Waals surface area contributed by atoms with Crippen molar-refractivity contribution in [2.24, 2.45) is 5.92 Å². The van der Waals surface area contributed by atoms with Gasteiger partial charge in [-0.15, -0.1) is 39.7 Å². The molecule has 1 saturated carbocycles. The van der Waals surface area contributed by atoms with Crippen molar-refractivity contribution in [1.29, 1.82) is 0 Å². The van der Waals surface area contributed by atoms with Crippen molar-refractivity contribution in [2.75, 3.05) is 0 Å². The molecule has 5 rings (SSSR count). The topological polar surface area (TPSA) is 0 Å². The molecule has 1 aliphatic carbocycles. The van der Waals surface area contributed by atoms with Gasteiger partial charge in [-0.25, -0.2) is 12.1 Å². The molecule has 26 heavy (non-hydrogen) atoms. The van der Waals surface area contributed by atoms with Gasteiger partial charge in [-0.2, -0.15) is 24.1 Å². The first-order chi connectivity index (χ1) is 11.8. The van der Waals surface area contributed by atoms with Crippen molar-refractivity contribution in [3.63, 3.8) is 0 Å². The van der Waals surface area contributed by atoms with E-state index in [0.29, 0.717) is 0 Å². The molecule has 0 unspecified atom stereocenters. The normalized spacial score (nSPS) is 13.0. The fourth-order valence-corrected chi connectivity index (χ4v) is 3.23. The Morgan fingerprint density at radius 2 is 1.19 bits per heavy atom. The van der Waals surface area contributed by atoms with Crippen molar-refractivity contribution in [2.45, 2.75) is 25.7 Å². The summed E-state index contributed by atoms with van der Waals surface area (Å²) in [6, 6.07) is 29.3. The van der Waals surface area contributed by atoms with Crippen LogP contribution in [-0.2, 0) is 26.2 Å². The second-order valence-corrected chi connectivity index (χ2v) is 6.43. The maximum absolute atomic E-state index is 3.94. The average molecular weight is 420 g/mol. The SMILES string of the molecule is [CH2-]C1CCCC1.[CH3-].[Zr+4].c1cc[cH-]c1.c1ccc2c(c1)[cH-]c1ccccc12. The Balaban J connectivity index is 0.000000220. The average Bonchev–Trinajstić information content (AvgIpc) is 3.38. The summed E-state index contributed by atoms with van der Waals surface area (Å²) < 4.78 is 0. The first kappa shape index (κ1) is 22.6. The van der Waals surface area contributed by atoms with Crippen molar-refractivity contribution >= 4 is 21.5 Å². The first-order valence-electron chi connectivity index (χ1n) is 8.87. The third kappa shape index (κ3) is 6.36. The van der Waals surface area contributed by atoms with Crippen molar-refractivity contribution in [3.8, 4) is 0 Å². The fraction of sp³-hybridized carbons (Fsp3) is 0.200. The zero-order valence-electron chi connectivity index (χ0n) is 15.7. The van der Waals surface area contributed by atoms with E-state index in [1.807, 2.05) is 30.3 Å². The van der Waals surface area contributed by atoms with E-state index >= 15 is 0 Å². The summed E-state index contributed by atoms with van der Waals surface area (Å²) in [5, 5.41) is 5.39. The summed E-state index contributed by atoms with van der Waals surface area (Å²) in [6.45, 7) is 3.94. The smallest absolute Gasteiger partial charge is 0.358 e. The molecule has 0 aromatic heterocycles. The third-order valence-electron chi connectivity index (χ3n) is 4.55. The molecular formula is C25H28Zr. The van der Waals surface area contributed by atoms with E-state index in [1.54, 1.807) is 0 Å². The van der Waals surface area contributed by atoms with Gasteiger partial charge in [-0.1, -0.05) is 62.1 Å². The van der Waals surface area contributed by atoms with Gasteiger partial charge < -0.3 is 14.4 Å². The van der Waals surface area contributed by atoms with Crippen LogP contribution in [0.25, 0.3) is 21.5 Å². The zero-order chi connectivity index (χ0) is 16.6. The number of hydrogen-bond acceptors (Lipinski definition) is 0. The minimum Gasteiger partial charge on any atom is -0.358 e. The van der Waals surface area contributed by atoms with Gasteiger partial charge in [0.25, 0.3) is 0 Å². The predicted octanol–water partition coefficient (Wildman–Crippen LogP) is 7.58. The Bertz CT molecular complexity index is 765. The van der Waals surface area contributed by atoms with Crippen molar-refractivity contribution in [3.05, 3.63) is 99.3 Å². The molecule has 0 atom stereocenters. The molecule has 0 bridgehead atoms. The first-order valence-corrected chi connectivity index (χ1v) is 8.87. The molecule has 132 valence electrons. The van der Waals surface area contributed by atoms with Gasteiger partial charge in [0.1, 0.15) is 0 Å². The molecular weight excluding hydrogens is 391 g/mol. The molecule has 0 amide bonds. The summed E-state index contributed by atoms with van der Waals surface area (Å²) in [7, 11) is 0. The Hall–Kier alpha value is -1.46. The maximum atomic E-state index is 3.94. The Labute approximate surface area is 178 Å². The summed E-state index contributed by atoms with van der Waals surface area (Å²) in [6.07, 6.45) is 5.60. The van der Waals surface area contributed by atoms with Gasteiger partial charge in [0.2, 0.25) is 0 Å². The molecule has 0 radical (unpaired) electrons. The number of fused-ring (bicyclic) bond motifs is 3. The minimum atomic E-state index is 0. The summed E-state index contributed by atoms with van der Waals surface area (Å²) in [5.74, 6) is 0.796. The predicted molar refractivity (Wildman–Crippen MR) is 113 cm³/mol. The minimum absolute atomic E-state index is 0. The van der Waals surface area contributed by atoms with E-state index in [0.717, 1.165) is 5.92 Å². The van der Waals surface area contributed by atoms with Crippen LogP contribution in [0.3, 0.4) is 0 Å². The van der Waals surface area contributed by atoms with Crippen LogP contribution in [0.5, 0.6) is 0 Å². The molecule has 0 saturated heterocycles. The molecule has 4 aromatic rings. The number of hydrogen-bond donors (Lipinski definition) is 0. The van der Waals surface area contributed by atoms with E-state index in [-0.39, 0.29) is 33.6 Å². The summed E-state index contributed by atoms with van der Waals surface area (Å²) in [5.41, 5.74) is 0. The van der Waals surface area contributed by atoms with Gasteiger partial charge in [0, 0.05) is 0 Å². The van der Waals surface area contributed by atoms with Crippen LogP contribution in [0, 0.1) is 20.3 Å². The van der Waals surface area contributed by atoms with Crippen LogP contribution < -0.4 is 0 Å². The maximum Gasteiger partial charge on any atom is 4.00 e. The van der Waals surface area contributed by atoms with Crippen molar-refractivity contribution in [1.82, 2.24) is 0 Å². The molecule has 1 fully saturated rings. The van der Waals surface area contributed by atoms with Crippen molar-refractivity contribution < 1.29 is 26.2 Å². The van der Waals surface area contributed by atoms with Gasteiger partial charge in [-0.3, -0.25) is 0 Å². The Morgan fingerprint density at radius 3 is 1.54 bits per heavy atom. The third-order valence-corrected chi connectivity index (χ3v) is 4.55. The van der Waals surface area contributed by atoms with E-state index in [1.165, 1.54) is 47.2 Å². The molecule has 0 heterocycles. The van der Waals surface area contributed by atoms with Gasteiger partial charge in [0.05, 0.1) is 0 Å². The van der Waals surface area contributed by atoms with Gasteiger partial charge >= 0.3 is 26.2 Å². The molecule has 0 N–H and O–H groups in total. The Kier molecular flexibility index (Phi) is 10.4. The van der Waals surface area contributed by atoms with E-state index in [2.05, 4.69) is 61.5 Å². The van der Waals surface area contributed by atoms with Crippen LogP contribution in [0.1, 0.15) is 25.7 Å². The molecule has 0 aliphatic heterocycles. The second kappa shape index (κ2) is 12.0. The van der Waals surface area contributed by atoms with Gasteiger partial charge in [0.15, 0.2) is 0 Å². The van der Waals surface area contributed by atoms with Crippen LogP contribution in [-0.4, -0.2) is 0 Å². The molecule has 4 aromatic carbocycles. The van der Waals surface area contributed by atoms with Crippen LogP contribution in [0.4, 0.5) is 0 Å². The summed E-state index contributed by atoms with van der Waals surface area (Å²) in [4.78, 5) is 0. The van der Waals surface area contributed by atoms with Crippen LogP contribution in [0.15, 0.2) is 84.9 Å². The van der Waals surface area contributed by atoms with E-state index in [9.17, 15) is 0 Å². The zero-order valence-corrected chi connectivity index (χ0v) is 18.2. The van der Waals surface area contributed by atoms with Crippen LogP contribution in [0.2, 0.25) is 0 Å². The fourth-order valence-electron chi connectivity index (χ4n) is 3.23. The molecule has 1 aliphatic rings. The molecule has 0 nitrogen and oxygen atoms in total. The number of benzene rings is 2. The number of rotatable bonds is 0. The summed E-state index contributed by atoms with van der Waals surface area (Å²) >= 11 is 0. The quantitative estimate of drug-likeness (QED) is 0.258. The van der Waals surface area contributed by atoms with Crippen LogP contribution >= 0.6 is 0 Å². The standard InChI is InChI=1S/C13H9.C6H11.C5H5.CH3.Zr/c1-3-7-12-10(5-1)9-11-6-2-4-8-13(11)12;1-6-4-2-3-5-6;1-2-4-5-3-1;;/h1-9H;6H,1-5H2;1-5H;1H3;/q4*-1;+4. The van der Waals surface area contributed by atoms with E-state index in [4.69, 9.17) is 0 Å². The van der Waals surface area contributed by atoms with E-state index < -0.39 is 0 Å².